The molecule has 0 saturated carbocycles. The van der Waals surface area contributed by atoms with Gasteiger partial charge in [0, 0.05) is 12.6 Å². The Labute approximate surface area is 119 Å². The second-order valence-electron chi connectivity index (χ2n) is 4.86. The summed E-state index contributed by atoms with van der Waals surface area (Å²) in [6, 6.07) is 9.57. The van der Waals surface area contributed by atoms with Gasteiger partial charge in [0.2, 0.25) is 0 Å². The van der Waals surface area contributed by atoms with Crippen molar-refractivity contribution in [1.82, 2.24) is 10.2 Å². The summed E-state index contributed by atoms with van der Waals surface area (Å²) in [5, 5.41) is 3.33. The van der Waals surface area contributed by atoms with Gasteiger partial charge in [0.25, 0.3) is 0 Å². The van der Waals surface area contributed by atoms with Crippen molar-refractivity contribution in [3.05, 3.63) is 35.9 Å². The second kappa shape index (κ2) is 8.27. The number of benzene rings is 1. The van der Waals surface area contributed by atoms with Gasteiger partial charge in [0.05, 0.1) is 6.54 Å². The molecule has 0 aliphatic rings. The van der Waals surface area contributed by atoms with Crippen LogP contribution in [0.3, 0.4) is 0 Å². The third kappa shape index (κ3) is 6.39. The van der Waals surface area contributed by atoms with E-state index in [0.717, 1.165) is 18.5 Å². The molecule has 1 aromatic rings. The summed E-state index contributed by atoms with van der Waals surface area (Å²) in [6.07, 6.45) is -3.20. The molecular formula is C15H23F3N2. The molecule has 0 amide bonds. The molecule has 5 heteroatoms. The first kappa shape index (κ1) is 17.0. The average molecular weight is 288 g/mol. The molecule has 0 radical (unpaired) electrons. The highest BCUT2D eigenvalue weighted by molar-refractivity contribution is 5.19. The molecule has 2 nitrogen and oxygen atoms in total. The maximum atomic E-state index is 12.5. The number of halogens is 3. The molecule has 1 unspecified atom stereocenters. The normalized spacial score (nSPS) is 13.7. The lowest BCUT2D eigenvalue weighted by atomic mass is 10.1. The molecule has 0 bridgehead atoms. The molecule has 114 valence electrons. The van der Waals surface area contributed by atoms with E-state index in [1.807, 2.05) is 37.3 Å². The zero-order valence-electron chi connectivity index (χ0n) is 12.1. The van der Waals surface area contributed by atoms with E-state index in [4.69, 9.17) is 0 Å². The Morgan fingerprint density at radius 2 is 1.80 bits per heavy atom. The first-order chi connectivity index (χ1) is 9.46. The number of hydrogen-bond acceptors (Lipinski definition) is 2. The molecule has 1 rings (SSSR count). The topological polar surface area (TPSA) is 15.3 Å². The Bertz CT molecular complexity index is 365. The number of likely N-dealkylation sites (N-methyl/N-ethyl adjacent to an activating group) is 1. The van der Waals surface area contributed by atoms with Crippen LogP contribution in [0.2, 0.25) is 0 Å². The quantitative estimate of drug-likeness (QED) is 0.786. The third-order valence-corrected chi connectivity index (χ3v) is 3.13. The van der Waals surface area contributed by atoms with Crippen LogP contribution in [-0.2, 0) is 0 Å². The van der Waals surface area contributed by atoms with Gasteiger partial charge in [-0.3, -0.25) is 4.90 Å². The fourth-order valence-electron chi connectivity index (χ4n) is 2.11. The van der Waals surface area contributed by atoms with Crippen molar-refractivity contribution >= 4 is 0 Å². The summed E-state index contributed by atoms with van der Waals surface area (Å²) in [4.78, 5) is 1.43. The van der Waals surface area contributed by atoms with E-state index in [1.54, 1.807) is 6.92 Å². The number of nitrogens with zero attached hydrogens (tertiary/aromatic N) is 1. The minimum Gasteiger partial charge on any atom is -0.309 e. The molecule has 0 aliphatic carbocycles. The molecule has 0 aromatic heterocycles. The van der Waals surface area contributed by atoms with E-state index < -0.39 is 12.7 Å². The van der Waals surface area contributed by atoms with Gasteiger partial charge in [0.15, 0.2) is 0 Å². The summed E-state index contributed by atoms with van der Waals surface area (Å²) in [5.41, 5.74) is 1.03. The van der Waals surface area contributed by atoms with Crippen molar-refractivity contribution in [2.45, 2.75) is 32.5 Å². The molecule has 0 aliphatic heterocycles. The van der Waals surface area contributed by atoms with Crippen LogP contribution in [0.1, 0.15) is 31.9 Å². The Morgan fingerprint density at radius 1 is 1.15 bits per heavy atom. The summed E-state index contributed by atoms with van der Waals surface area (Å²) in [6.45, 7) is 4.48. The lowest BCUT2D eigenvalue weighted by Gasteiger charge is -2.28. The first-order valence-corrected chi connectivity index (χ1v) is 7.03. The van der Waals surface area contributed by atoms with Gasteiger partial charge in [-0.05, 0) is 25.1 Å². The van der Waals surface area contributed by atoms with Crippen LogP contribution in [0.15, 0.2) is 30.3 Å². The molecule has 20 heavy (non-hydrogen) atoms. The number of rotatable bonds is 8. The summed E-state index contributed by atoms with van der Waals surface area (Å²) >= 11 is 0. The van der Waals surface area contributed by atoms with Gasteiger partial charge < -0.3 is 5.32 Å². The predicted molar refractivity (Wildman–Crippen MR) is 75.6 cm³/mol. The van der Waals surface area contributed by atoms with Crippen molar-refractivity contribution in [3.8, 4) is 0 Å². The van der Waals surface area contributed by atoms with Gasteiger partial charge in [-0.2, -0.15) is 13.2 Å². The van der Waals surface area contributed by atoms with Crippen LogP contribution in [-0.4, -0.2) is 37.3 Å². The highest BCUT2D eigenvalue weighted by atomic mass is 19.4. The monoisotopic (exact) mass is 288 g/mol. The molecular weight excluding hydrogens is 265 g/mol. The molecule has 0 fully saturated rings. The van der Waals surface area contributed by atoms with Crippen molar-refractivity contribution in [2.24, 2.45) is 0 Å². The van der Waals surface area contributed by atoms with Crippen molar-refractivity contribution in [1.29, 1.82) is 0 Å². The van der Waals surface area contributed by atoms with Gasteiger partial charge in [-0.25, -0.2) is 0 Å². The van der Waals surface area contributed by atoms with E-state index in [-0.39, 0.29) is 6.04 Å². The molecule has 1 N–H and O–H groups in total. The zero-order valence-corrected chi connectivity index (χ0v) is 12.1. The highest BCUT2D eigenvalue weighted by Crippen LogP contribution is 2.19. The lowest BCUT2D eigenvalue weighted by Crippen LogP contribution is -2.40. The Hall–Kier alpha value is -1.07. The minimum atomic E-state index is -4.15. The van der Waals surface area contributed by atoms with E-state index in [1.165, 1.54) is 4.90 Å². The summed E-state index contributed by atoms with van der Waals surface area (Å²) in [5.74, 6) is 0. The lowest BCUT2D eigenvalue weighted by molar-refractivity contribution is -0.146. The number of alkyl halides is 3. The summed E-state index contributed by atoms with van der Waals surface area (Å²) in [7, 11) is 0. The van der Waals surface area contributed by atoms with Crippen LogP contribution in [0, 0.1) is 0 Å². The van der Waals surface area contributed by atoms with Gasteiger partial charge in [-0.15, -0.1) is 0 Å². The average Bonchev–Trinajstić information content (AvgIpc) is 2.41. The van der Waals surface area contributed by atoms with E-state index >= 15 is 0 Å². The van der Waals surface area contributed by atoms with Gasteiger partial charge >= 0.3 is 6.18 Å². The van der Waals surface area contributed by atoms with Crippen LogP contribution in [0.4, 0.5) is 13.2 Å². The molecule has 0 spiro atoms. The van der Waals surface area contributed by atoms with E-state index in [9.17, 15) is 13.2 Å². The van der Waals surface area contributed by atoms with Crippen LogP contribution in [0.5, 0.6) is 0 Å². The Balaban J connectivity index is 2.73. The second-order valence-corrected chi connectivity index (χ2v) is 4.86. The number of nitrogens with one attached hydrogen (secondary N) is 1. The fraction of sp³-hybridized carbons (Fsp3) is 0.600. The SMILES string of the molecule is CCCNC(CN(CC)CC(F)(F)F)c1ccccc1. The van der Waals surface area contributed by atoms with Crippen LogP contribution in [0.25, 0.3) is 0 Å². The highest BCUT2D eigenvalue weighted by Gasteiger charge is 2.31. The molecule has 1 atom stereocenters. The maximum absolute atomic E-state index is 12.5. The predicted octanol–water partition coefficient (Wildman–Crippen LogP) is 3.61. The summed E-state index contributed by atoms with van der Waals surface area (Å²) < 4.78 is 37.6. The minimum absolute atomic E-state index is 0.0709. The van der Waals surface area contributed by atoms with E-state index in [0.29, 0.717) is 13.1 Å². The van der Waals surface area contributed by atoms with Crippen LogP contribution >= 0.6 is 0 Å². The zero-order chi connectivity index (χ0) is 15.0. The van der Waals surface area contributed by atoms with Crippen molar-refractivity contribution in [3.63, 3.8) is 0 Å². The van der Waals surface area contributed by atoms with Gasteiger partial charge in [0.1, 0.15) is 0 Å². The number of hydrogen-bond donors (Lipinski definition) is 1. The van der Waals surface area contributed by atoms with Gasteiger partial charge in [-0.1, -0.05) is 44.2 Å². The fourth-order valence-corrected chi connectivity index (χ4v) is 2.11. The maximum Gasteiger partial charge on any atom is 0.401 e. The molecule has 0 saturated heterocycles. The molecule has 0 heterocycles. The van der Waals surface area contributed by atoms with Crippen LogP contribution < -0.4 is 5.32 Å². The van der Waals surface area contributed by atoms with Crippen molar-refractivity contribution < 1.29 is 13.2 Å². The largest absolute Gasteiger partial charge is 0.401 e. The Morgan fingerprint density at radius 3 is 2.30 bits per heavy atom. The van der Waals surface area contributed by atoms with E-state index in [2.05, 4.69) is 5.32 Å². The standard InChI is InChI=1S/C15H23F3N2/c1-3-10-19-14(13-8-6-5-7-9-13)11-20(4-2)12-15(16,17)18/h5-9,14,19H,3-4,10-12H2,1-2H3. The van der Waals surface area contributed by atoms with Crippen molar-refractivity contribution in [2.75, 3.05) is 26.2 Å². The smallest absolute Gasteiger partial charge is 0.309 e. The Kier molecular flexibility index (Phi) is 7.02. The molecule has 1 aromatic carbocycles. The first-order valence-electron chi connectivity index (χ1n) is 7.03. The third-order valence-electron chi connectivity index (χ3n) is 3.13.